The molecule has 6 rings (SSSR count). The maximum Gasteiger partial charge on any atom is 0.338 e. The second-order valence-corrected chi connectivity index (χ2v) is 15.6. The number of nitrogens with one attached hydrogen (secondary N) is 2. The van der Waals surface area contributed by atoms with Gasteiger partial charge in [0.15, 0.2) is 10.8 Å². The van der Waals surface area contributed by atoms with Crippen LogP contribution in [0.2, 0.25) is 5.02 Å². The van der Waals surface area contributed by atoms with E-state index in [2.05, 4.69) is 25.8 Å². The Kier molecular flexibility index (Phi) is 10.2. The maximum absolute atomic E-state index is 14.0. The first-order valence-corrected chi connectivity index (χ1v) is 18.9. The number of benzene rings is 2. The summed E-state index contributed by atoms with van der Waals surface area (Å²) in [7, 11) is -0.903. The average molecular weight is 714 g/mol. The van der Waals surface area contributed by atoms with E-state index in [4.69, 9.17) is 21.3 Å². The Hall–Kier alpha value is -3.82. The number of aliphatic imine (C=N–C) groups is 1. The third-order valence-electron chi connectivity index (χ3n) is 8.54. The van der Waals surface area contributed by atoms with Gasteiger partial charge in [-0.1, -0.05) is 29.8 Å². The van der Waals surface area contributed by atoms with Gasteiger partial charge in [-0.05, 0) is 48.5 Å². The van der Waals surface area contributed by atoms with Crippen molar-refractivity contribution in [2.45, 2.75) is 24.9 Å². The van der Waals surface area contributed by atoms with Gasteiger partial charge in [0.1, 0.15) is 11.9 Å². The number of urea groups is 1. The third kappa shape index (κ3) is 7.57. The van der Waals surface area contributed by atoms with E-state index < -0.39 is 27.5 Å². The van der Waals surface area contributed by atoms with Crippen molar-refractivity contribution >= 4 is 62.0 Å². The predicted octanol–water partition coefficient (Wildman–Crippen LogP) is 3.86. The smallest absolute Gasteiger partial charge is 0.338 e. The normalized spacial score (nSPS) is 21.1. The highest BCUT2D eigenvalue weighted by Crippen LogP contribution is 2.37. The number of halogens is 2. The number of amidine groups is 1. The highest BCUT2D eigenvalue weighted by atomic mass is 35.5. The fourth-order valence-corrected chi connectivity index (χ4v) is 7.68. The lowest BCUT2D eigenvalue weighted by Crippen LogP contribution is -2.53. The highest BCUT2D eigenvalue weighted by Gasteiger charge is 2.42. The monoisotopic (exact) mass is 713 g/mol. The number of hydrogen-bond donors (Lipinski definition) is 2. The Balaban J connectivity index is 1.19. The summed E-state index contributed by atoms with van der Waals surface area (Å²) in [5.74, 6) is 3.03. The number of aromatic nitrogens is 1. The van der Waals surface area contributed by atoms with Gasteiger partial charge in [-0.3, -0.25) is 19.0 Å². The van der Waals surface area contributed by atoms with Crippen LogP contribution in [-0.4, -0.2) is 101 Å². The summed E-state index contributed by atoms with van der Waals surface area (Å²) in [6, 6.07) is 11.1. The maximum atomic E-state index is 14.0. The predicted molar refractivity (Wildman–Crippen MR) is 189 cm³/mol. The molecule has 11 nitrogen and oxygen atoms in total. The van der Waals surface area contributed by atoms with E-state index in [9.17, 15) is 18.2 Å². The lowest BCUT2D eigenvalue weighted by atomic mass is 9.95. The van der Waals surface area contributed by atoms with Gasteiger partial charge in [0.25, 0.3) is 0 Å². The number of rotatable bonds is 11. The number of hydrogen-bond acceptors (Lipinski definition) is 9. The zero-order valence-electron chi connectivity index (χ0n) is 26.7. The lowest BCUT2D eigenvalue weighted by molar-refractivity contribution is -0.136. The van der Waals surface area contributed by atoms with Crippen LogP contribution >= 0.6 is 22.9 Å². The first-order chi connectivity index (χ1) is 23.0. The fourth-order valence-electron chi connectivity index (χ4n) is 6.25. The van der Waals surface area contributed by atoms with E-state index in [-0.39, 0.29) is 22.7 Å². The minimum atomic E-state index is -2.21. The van der Waals surface area contributed by atoms with Gasteiger partial charge in [0, 0.05) is 88.8 Å². The Morgan fingerprint density at radius 3 is 2.71 bits per heavy atom. The Morgan fingerprint density at radius 2 is 2.02 bits per heavy atom. The summed E-state index contributed by atoms with van der Waals surface area (Å²) in [6.45, 7) is 3.21. The molecule has 0 radical (unpaired) electrons. The molecule has 2 N–H and O–H groups in total. The van der Waals surface area contributed by atoms with Crippen LogP contribution in [0.3, 0.4) is 0 Å². The van der Waals surface area contributed by atoms with Crippen molar-refractivity contribution in [3.8, 4) is 0 Å². The minimum Gasteiger partial charge on any atom is -0.466 e. The van der Waals surface area contributed by atoms with Crippen LogP contribution in [0.1, 0.15) is 28.6 Å². The van der Waals surface area contributed by atoms with Gasteiger partial charge in [-0.15, -0.1) is 11.3 Å². The number of thiazole rings is 1. The Labute approximate surface area is 288 Å². The number of nitrogens with zero attached hydrogens (tertiary/aromatic N) is 5. The van der Waals surface area contributed by atoms with Crippen molar-refractivity contribution in [3.63, 3.8) is 0 Å². The second kappa shape index (κ2) is 14.3. The number of methoxy groups -OCH3 is 1. The number of carbonyl (C=O) groups is 2. The van der Waals surface area contributed by atoms with Crippen molar-refractivity contribution in [2.24, 2.45) is 4.99 Å². The van der Waals surface area contributed by atoms with Gasteiger partial charge in [0.2, 0.25) is 0 Å². The molecule has 3 aliphatic heterocycles. The van der Waals surface area contributed by atoms with Gasteiger partial charge in [0.05, 0.1) is 18.7 Å². The van der Waals surface area contributed by atoms with E-state index in [1.165, 1.54) is 36.6 Å². The number of carbonyl (C=O) groups excluding carboxylic acids is 2. The number of aryl methyl sites for hydroxylation is 1. The Morgan fingerprint density at radius 1 is 1.23 bits per heavy atom. The largest absolute Gasteiger partial charge is 0.466 e. The van der Waals surface area contributed by atoms with E-state index >= 15 is 0 Å². The highest BCUT2D eigenvalue weighted by molar-refractivity contribution is 7.97. The molecule has 0 aliphatic carbocycles. The van der Waals surface area contributed by atoms with Crippen LogP contribution in [-0.2, 0) is 25.7 Å². The molecule has 15 heteroatoms. The number of anilines is 1. The van der Waals surface area contributed by atoms with Gasteiger partial charge in [-0.25, -0.2) is 23.7 Å². The standard InChI is InChI=1S/C33H37ClFN7O4S2/c1-46-32(43)28-27(38-30(31-36-13-16-47-31)39-29(28)25-11-8-22(35)17-26(25)34)20-40-14-15-41-24(18-40)19-42(33(41)44)23-9-6-21(7-10-23)5-4-12-37-48(2,3)45/h6-11,13,16-17,24,29H,2,4-5,12,14-15,18-20H2,1,3H3,(H,37,45)(H,38,39)/t24-,29-,48?/m0/s1. The molecule has 48 heavy (non-hydrogen) atoms. The van der Waals surface area contributed by atoms with Gasteiger partial charge >= 0.3 is 12.0 Å². The summed E-state index contributed by atoms with van der Waals surface area (Å²) >= 11 is 7.89. The minimum absolute atomic E-state index is 0.0285. The number of esters is 1. The zero-order valence-corrected chi connectivity index (χ0v) is 29.0. The van der Waals surface area contributed by atoms with Crippen LogP contribution in [0.25, 0.3) is 0 Å². The van der Waals surface area contributed by atoms with Crippen LogP contribution in [0.5, 0.6) is 0 Å². The molecule has 2 amide bonds. The summed E-state index contributed by atoms with van der Waals surface area (Å²) in [4.78, 5) is 42.0. The molecule has 1 unspecified atom stereocenters. The van der Waals surface area contributed by atoms with Crippen LogP contribution in [0, 0.1) is 5.82 Å². The van der Waals surface area contributed by atoms with Gasteiger partial charge in [-0.2, -0.15) is 0 Å². The average Bonchev–Trinajstić information content (AvgIpc) is 3.71. The molecular weight excluding hydrogens is 677 g/mol. The summed E-state index contributed by atoms with van der Waals surface area (Å²) in [6.07, 6.45) is 4.90. The van der Waals surface area contributed by atoms with Crippen molar-refractivity contribution in [1.29, 1.82) is 0 Å². The van der Waals surface area contributed by atoms with E-state index in [0.717, 1.165) is 24.1 Å². The molecule has 254 valence electrons. The summed E-state index contributed by atoms with van der Waals surface area (Å²) in [5.41, 5.74) is 3.32. The molecule has 0 spiro atoms. The van der Waals surface area contributed by atoms with Crippen LogP contribution < -0.4 is 14.9 Å². The zero-order chi connectivity index (χ0) is 34.0. The Bertz CT molecular complexity index is 1850. The molecule has 1 aromatic heterocycles. The van der Waals surface area contributed by atoms with Crippen LogP contribution in [0.15, 0.2) is 70.3 Å². The lowest BCUT2D eigenvalue weighted by Gasteiger charge is -2.38. The molecule has 4 heterocycles. The molecule has 2 fully saturated rings. The topological polar surface area (TPSA) is 119 Å². The molecule has 2 saturated heterocycles. The number of piperazine rings is 1. The van der Waals surface area contributed by atoms with E-state index in [1.54, 1.807) is 12.5 Å². The van der Waals surface area contributed by atoms with Crippen molar-refractivity contribution in [2.75, 3.05) is 57.5 Å². The van der Waals surface area contributed by atoms with E-state index in [0.29, 0.717) is 61.4 Å². The molecule has 3 aromatic rings. The number of amides is 2. The molecule has 2 aromatic carbocycles. The first kappa shape index (κ1) is 34.1. The molecule has 3 aliphatic rings. The molecule has 0 bridgehead atoms. The first-order valence-electron chi connectivity index (χ1n) is 15.5. The molecule has 0 saturated carbocycles. The third-order valence-corrected chi connectivity index (χ3v) is 10.5. The number of fused-ring (bicyclic) bond motifs is 1. The fraction of sp³-hybridized carbons (Fsp3) is 0.364. The van der Waals surface area contributed by atoms with Crippen molar-refractivity contribution < 1.29 is 22.9 Å². The number of ether oxygens (including phenoxy) is 1. The van der Waals surface area contributed by atoms with Crippen molar-refractivity contribution in [1.82, 2.24) is 24.8 Å². The second-order valence-electron chi connectivity index (χ2n) is 12.0. The SMILES string of the molecule is C=S(C)(=O)NCCCc1ccc(N2C[C@@H]3CN(CC4=C(C(=O)OC)[C@H](c5ccc(F)cc5Cl)N=C(c5nccs5)N4)CCN3C2=O)cc1. The van der Waals surface area contributed by atoms with E-state index in [1.807, 2.05) is 39.4 Å². The summed E-state index contributed by atoms with van der Waals surface area (Å²) < 4.78 is 33.9. The quantitative estimate of drug-likeness (QED) is 0.176. The molecular formula is C33H37ClFN7O4S2. The van der Waals surface area contributed by atoms with Crippen LogP contribution in [0.4, 0.5) is 14.9 Å². The molecule has 3 atom stereocenters. The summed E-state index contributed by atoms with van der Waals surface area (Å²) in [5, 5.41) is 5.96. The van der Waals surface area contributed by atoms with Gasteiger partial charge < -0.3 is 15.0 Å². The van der Waals surface area contributed by atoms with Crippen molar-refractivity contribution in [3.05, 3.63) is 92.3 Å².